The number of hydrogen-bond acceptors (Lipinski definition) is 15. The Balaban J connectivity index is 1.21. The van der Waals surface area contributed by atoms with E-state index >= 15 is 8.78 Å². The van der Waals surface area contributed by atoms with Gasteiger partial charge in [0.05, 0.1) is 32.2 Å². The van der Waals surface area contributed by atoms with E-state index in [1.54, 1.807) is 0 Å². The van der Waals surface area contributed by atoms with Crippen LogP contribution in [0.4, 0.5) is 14.7 Å². The topological polar surface area (TPSA) is 243 Å². The van der Waals surface area contributed by atoms with Crippen LogP contribution in [-0.4, -0.2) is 89.0 Å². The van der Waals surface area contributed by atoms with Crippen LogP contribution in [0.25, 0.3) is 22.3 Å². The number of nitrogens with one attached hydrogen (secondary N) is 2. The minimum atomic E-state index is -4.52. The number of hydrogen-bond donors (Lipinski definition) is 5. The summed E-state index contributed by atoms with van der Waals surface area (Å²) in [5.41, 5.74) is 3.95. The first kappa shape index (κ1) is 30.9. The van der Waals surface area contributed by atoms with Crippen LogP contribution >= 0.6 is 38.1 Å². The molecule has 0 spiro atoms. The molecule has 3 saturated heterocycles. The summed E-state index contributed by atoms with van der Waals surface area (Å²) in [6.45, 7) is -10.5. The lowest BCUT2D eigenvalue weighted by Gasteiger charge is -2.26. The average Bonchev–Trinajstić information content (AvgIpc) is 3.72. The zero-order valence-corrected chi connectivity index (χ0v) is 25.7. The van der Waals surface area contributed by atoms with Crippen LogP contribution in [0.15, 0.2) is 28.6 Å². The summed E-state index contributed by atoms with van der Waals surface area (Å²) < 4.78 is 93.8. The number of halogens is 2. The highest BCUT2D eigenvalue weighted by Gasteiger charge is 2.54. The van der Waals surface area contributed by atoms with Gasteiger partial charge >= 0.3 is 13.6 Å². The van der Waals surface area contributed by atoms with E-state index in [4.69, 9.17) is 33.3 Å². The first-order chi connectivity index (χ1) is 21.3. The van der Waals surface area contributed by atoms with Gasteiger partial charge < -0.3 is 20.2 Å². The van der Waals surface area contributed by atoms with Crippen molar-refractivity contribution in [1.29, 1.82) is 0 Å². The van der Waals surface area contributed by atoms with Gasteiger partial charge in [0.25, 0.3) is 11.1 Å². The van der Waals surface area contributed by atoms with Crippen molar-refractivity contribution in [2.45, 2.75) is 49.2 Å². The third kappa shape index (κ3) is 5.53. The first-order valence-electron chi connectivity index (χ1n) is 12.8. The summed E-state index contributed by atoms with van der Waals surface area (Å²) in [5, 5.41) is 0. The highest BCUT2D eigenvalue weighted by molar-refractivity contribution is 8.44. The van der Waals surface area contributed by atoms with Crippen LogP contribution < -0.4 is 16.9 Å². The Morgan fingerprint density at radius 1 is 0.844 bits per heavy atom. The predicted octanol–water partition coefficient (Wildman–Crippen LogP) is 1.20. The van der Waals surface area contributed by atoms with Crippen LogP contribution in [-0.2, 0) is 36.7 Å². The molecule has 10 atom stereocenters. The molecule has 0 unspecified atom stereocenters. The molecule has 7 rings (SSSR count). The Kier molecular flexibility index (Phi) is 7.70. The number of aromatic amines is 2. The smallest absolute Gasteiger partial charge is 0.369 e. The van der Waals surface area contributed by atoms with E-state index in [1.165, 1.54) is 0 Å². The van der Waals surface area contributed by atoms with Crippen LogP contribution in [0.2, 0.25) is 0 Å². The molecule has 0 saturated carbocycles. The largest absolute Gasteiger partial charge is 0.386 e. The number of rotatable bonds is 2. The van der Waals surface area contributed by atoms with E-state index in [1.807, 2.05) is 0 Å². The second-order valence-corrected chi connectivity index (χ2v) is 15.8. The van der Waals surface area contributed by atoms with Crippen molar-refractivity contribution in [1.82, 2.24) is 39.0 Å². The Labute approximate surface area is 258 Å². The minimum absolute atomic E-state index is 0.0337. The molecule has 25 heteroatoms. The average molecular weight is 712 g/mol. The molecule has 0 aromatic carbocycles. The van der Waals surface area contributed by atoms with E-state index in [9.17, 15) is 18.7 Å². The lowest BCUT2D eigenvalue weighted by atomic mass is 10.1. The lowest BCUT2D eigenvalue weighted by Crippen LogP contribution is -2.33. The summed E-state index contributed by atoms with van der Waals surface area (Å²) in [4.78, 5) is 44.9. The molecule has 2 bridgehead atoms. The highest BCUT2D eigenvalue weighted by atomic mass is 32.7. The SMILES string of the molecule is Nc1nc2c(ncn2[C@@H]2O[C@@H]3CO[P@@](=O)(S)O[C@H]4[C@H](F)[C@H](n5cnc6c(=O)[nH]cnc65)O[C@@H]4CO[P@@](=O)(S)O[C@@H]2[C@H]3F)c(=O)[nH]1. The predicted molar refractivity (Wildman–Crippen MR) is 153 cm³/mol. The van der Waals surface area contributed by atoms with E-state index in [0.717, 1.165) is 28.1 Å². The molecule has 242 valence electrons. The quantitative estimate of drug-likeness (QED) is 0.145. The standard InChI is InChI=1S/C20H21F2N9O10P2S2/c21-8-6-1-36-42(34,44)40-12-7(39-18(9(12)22)30-4-26-10-14(30)24-3-25-16(10)32)2-37-43(35,45)41-13(8)19(38-6)31-5-27-11-15(31)28-20(23)29-17(11)33/h3-9,12-13,18-19H,1-2H2,(H,34,44)(H,35,45)(H,24,25,32)(H3,23,28,29,33)/t6-,7-,8+,9+,12-,13-,18-,19-,42-,43-/m1/s1. The maximum Gasteiger partial charge on any atom is 0.386 e. The summed E-state index contributed by atoms with van der Waals surface area (Å²) in [5.74, 6) is -0.276. The van der Waals surface area contributed by atoms with E-state index in [0.29, 0.717) is 0 Å². The van der Waals surface area contributed by atoms with Gasteiger partial charge in [-0.1, -0.05) is 24.5 Å². The van der Waals surface area contributed by atoms with E-state index in [-0.39, 0.29) is 28.3 Å². The second kappa shape index (κ2) is 11.2. The number of H-pyrrole nitrogens is 2. The van der Waals surface area contributed by atoms with Crippen LogP contribution in [0.1, 0.15) is 12.5 Å². The van der Waals surface area contributed by atoms with Crippen LogP contribution in [0, 0.1) is 0 Å². The Hall–Kier alpha value is -2.72. The third-order valence-electron chi connectivity index (χ3n) is 7.21. The number of imidazole rings is 2. The van der Waals surface area contributed by atoms with Crippen molar-refractivity contribution in [3.63, 3.8) is 0 Å². The van der Waals surface area contributed by atoms with Crippen LogP contribution in [0.5, 0.6) is 0 Å². The molecule has 4 aromatic rings. The van der Waals surface area contributed by atoms with Crippen molar-refractivity contribution in [3.8, 4) is 0 Å². The van der Waals surface area contributed by atoms with Crippen molar-refractivity contribution in [2.75, 3.05) is 18.9 Å². The van der Waals surface area contributed by atoms with Crippen LogP contribution in [0.3, 0.4) is 0 Å². The zero-order chi connectivity index (χ0) is 31.8. The number of ether oxygens (including phenoxy) is 2. The number of nitrogen functional groups attached to an aromatic ring is 1. The van der Waals surface area contributed by atoms with E-state index in [2.05, 4.69) is 54.4 Å². The van der Waals surface area contributed by atoms with Crippen molar-refractivity contribution in [2.24, 2.45) is 0 Å². The first-order valence-corrected chi connectivity index (χ1v) is 18.2. The van der Waals surface area contributed by atoms with Gasteiger partial charge in [0.2, 0.25) is 5.95 Å². The number of aromatic nitrogens is 8. The molecule has 0 radical (unpaired) electrons. The molecule has 3 fully saturated rings. The molecule has 7 heterocycles. The number of thiol groups is 2. The number of alkyl halides is 2. The fourth-order valence-electron chi connectivity index (χ4n) is 5.23. The van der Waals surface area contributed by atoms with Crippen molar-refractivity contribution in [3.05, 3.63) is 39.7 Å². The van der Waals surface area contributed by atoms with Gasteiger partial charge in [0, 0.05) is 0 Å². The monoisotopic (exact) mass is 711 g/mol. The normalized spacial score (nSPS) is 37.7. The Bertz CT molecular complexity index is 2010. The molecule has 45 heavy (non-hydrogen) atoms. The number of fused-ring (bicyclic) bond motifs is 5. The summed E-state index contributed by atoms with van der Waals surface area (Å²) in [7, 11) is 0. The van der Waals surface area contributed by atoms with E-state index < -0.39 is 87.1 Å². The van der Waals surface area contributed by atoms with Gasteiger partial charge in [-0.15, -0.1) is 0 Å². The molecular formula is C20H21F2N9O10P2S2. The van der Waals surface area contributed by atoms with Gasteiger partial charge in [0.15, 0.2) is 47.1 Å². The number of nitrogens with zero attached hydrogens (tertiary/aromatic N) is 6. The number of anilines is 1. The van der Waals surface area contributed by atoms with Gasteiger partial charge in [0.1, 0.15) is 24.4 Å². The van der Waals surface area contributed by atoms with Crippen molar-refractivity contribution >= 4 is 66.4 Å². The molecule has 3 aliphatic heterocycles. The molecule has 0 amide bonds. The zero-order valence-electron chi connectivity index (χ0n) is 22.2. The summed E-state index contributed by atoms with van der Waals surface area (Å²) in [6, 6.07) is 0. The molecule has 0 aliphatic carbocycles. The summed E-state index contributed by atoms with van der Waals surface area (Å²) in [6.07, 6.45) is -10.4. The molecule has 4 N–H and O–H groups in total. The maximum atomic E-state index is 15.9. The number of nitrogens with two attached hydrogens (primary N) is 1. The third-order valence-corrected chi connectivity index (χ3v) is 10.4. The lowest BCUT2D eigenvalue weighted by molar-refractivity contribution is -0.0563. The highest BCUT2D eigenvalue weighted by Crippen LogP contribution is 2.60. The Morgan fingerprint density at radius 2 is 1.44 bits per heavy atom. The van der Waals surface area contributed by atoms with Crippen molar-refractivity contribution < 1.29 is 45.5 Å². The minimum Gasteiger partial charge on any atom is -0.369 e. The molecule has 4 aromatic heterocycles. The second-order valence-electron chi connectivity index (χ2n) is 10.0. The van der Waals surface area contributed by atoms with Gasteiger partial charge in [-0.3, -0.25) is 41.8 Å². The molecular weight excluding hydrogens is 690 g/mol. The fraction of sp³-hybridized carbons (Fsp3) is 0.500. The summed E-state index contributed by atoms with van der Waals surface area (Å²) >= 11 is 7.90. The molecule has 3 aliphatic rings. The van der Waals surface area contributed by atoms with Gasteiger partial charge in [-0.2, -0.15) is 4.98 Å². The fourth-order valence-corrected chi connectivity index (χ4v) is 8.16. The van der Waals surface area contributed by atoms with Gasteiger partial charge in [-0.25, -0.2) is 32.9 Å². The van der Waals surface area contributed by atoms with Gasteiger partial charge in [-0.05, 0) is 0 Å². The maximum absolute atomic E-state index is 15.9. The Morgan fingerprint density at radius 3 is 2.16 bits per heavy atom. The molecule has 19 nitrogen and oxygen atoms in total.